The van der Waals surface area contributed by atoms with Crippen LogP contribution in [0.1, 0.15) is 68.7 Å². The Morgan fingerprint density at radius 3 is 2.28 bits per heavy atom. The van der Waals surface area contributed by atoms with Gasteiger partial charge in [-0.15, -0.1) is 0 Å². The number of ether oxygens (including phenoxy) is 3. The van der Waals surface area contributed by atoms with Gasteiger partial charge in [-0.3, -0.25) is 4.79 Å². The minimum atomic E-state index is -0.412. The topological polar surface area (TPSA) is 71.5 Å². The van der Waals surface area contributed by atoms with Gasteiger partial charge >= 0.3 is 5.97 Å². The number of aliphatic hydroxyl groups is 1. The summed E-state index contributed by atoms with van der Waals surface area (Å²) < 4.78 is 17.7. The van der Waals surface area contributed by atoms with Gasteiger partial charge in [0.15, 0.2) is 11.5 Å². The lowest BCUT2D eigenvalue weighted by atomic mass is 9.66. The van der Waals surface area contributed by atoms with Crippen molar-refractivity contribution in [3.8, 4) is 11.5 Å². The molecule has 0 saturated carbocycles. The maximum atomic E-state index is 11.9. The molecule has 7 nitrogen and oxygen atoms in total. The molecule has 0 amide bonds. The molecule has 2 heterocycles. The van der Waals surface area contributed by atoms with E-state index in [2.05, 4.69) is 105 Å². The number of carbonyl (C=O) groups is 1. The first kappa shape index (κ1) is 34.7. The van der Waals surface area contributed by atoms with Crippen molar-refractivity contribution in [1.82, 2.24) is 9.80 Å². The van der Waals surface area contributed by atoms with Gasteiger partial charge in [-0.25, -0.2) is 0 Å². The van der Waals surface area contributed by atoms with Crippen molar-refractivity contribution in [1.29, 1.82) is 0 Å². The smallest absolute Gasteiger partial charge is 0.302 e. The fourth-order valence-corrected chi connectivity index (χ4v) is 7.84. The van der Waals surface area contributed by atoms with Gasteiger partial charge in [-0.2, -0.15) is 0 Å². The van der Waals surface area contributed by atoms with Crippen LogP contribution in [0.3, 0.4) is 0 Å². The number of hydrogen-bond donors (Lipinski definition) is 1. The second-order valence-electron chi connectivity index (χ2n) is 13.7. The predicted octanol–water partition coefficient (Wildman–Crippen LogP) is 6.50. The van der Waals surface area contributed by atoms with E-state index in [9.17, 15) is 9.90 Å². The fraction of sp³-hybridized carbons (Fsp3) is 0.475. The van der Waals surface area contributed by atoms with Gasteiger partial charge in [0.05, 0.1) is 24.0 Å². The average Bonchev–Trinajstić information content (AvgIpc) is 3.33. The molecule has 3 aliphatic rings. The van der Waals surface area contributed by atoms with Crippen LogP contribution < -0.4 is 9.47 Å². The van der Waals surface area contributed by atoms with E-state index >= 15 is 0 Å². The molecule has 7 heteroatoms. The van der Waals surface area contributed by atoms with Crippen molar-refractivity contribution in [3.05, 3.63) is 107 Å². The Morgan fingerprint density at radius 2 is 1.72 bits per heavy atom. The normalized spacial score (nSPS) is 22.9. The molecule has 1 aliphatic carbocycles. The van der Waals surface area contributed by atoms with Crippen LogP contribution in [0, 0.1) is 0 Å². The molecule has 47 heavy (non-hydrogen) atoms. The molecule has 5 atom stereocenters. The molecule has 1 N–H and O–H groups in total. The Bertz CT molecular complexity index is 1480. The maximum absolute atomic E-state index is 11.9. The molecular formula is C40H52N2O5. The largest absolute Gasteiger partial charge is 0.493 e. The molecule has 2 aliphatic heterocycles. The summed E-state index contributed by atoms with van der Waals surface area (Å²) in [6.07, 6.45) is 6.76. The van der Waals surface area contributed by atoms with Crippen LogP contribution in [-0.2, 0) is 26.9 Å². The van der Waals surface area contributed by atoms with E-state index in [0.717, 1.165) is 43.9 Å². The highest BCUT2D eigenvalue weighted by Gasteiger charge is 2.52. The Kier molecular flexibility index (Phi) is 10.8. The summed E-state index contributed by atoms with van der Waals surface area (Å²) in [5.41, 5.74) is 4.46. The number of methoxy groups -OCH3 is 1. The molecule has 3 aromatic rings. The Balaban J connectivity index is 0.000000188. The highest BCUT2D eigenvalue weighted by atomic mass is 16.5. The summed E-state index contributed by atoms with van der Waals surface area (Å²) in [5.74, 6) is 1.45. The Morgan fingerprint density at radius 1 is 1.09 bits per heavy atom. The van der Waals surface area contributed by atoms with Crippen LogP contribution in [0.2, 0.25) is 0 Å². The van der Waals surface area contributed by atoms with Crippen LogP contribution in [0.25, 0.3) is 0 Å². The lowest BCUT2D eigenvalue weighted by Gasteiger charge is -2.43. The van der Waals surface area contributed by atoms with Crippen molar-refractivity contribution in [2.45, 2.75) is 88.2 Å². The fourth-order valence-electron chi connectivity index (χ4n) is 7.84. The number of aliphatic hydroxyl groups excluding tert-OH is 1. The van der Waals surface area contributed by atoms with Gasteiger partial charge in [0.25, 0.3) is 0 Å². The van der Waals surface area contributed by atoms with Crippen LogP contribution >= 0.6 is 0 Å². The van der Waals surface area contributed by atoms with Crippen LogP contribution in [0.4, 0.5) is 0 Å². The number of rotatable bonds is 9. The van der Waals surface area contributed by atoms with E-state index in [1.165, 1.54) is 29.2 Å². The lowest BCUT2D eigenvalue weighted by molar-refractivity contribution is -0.150. The second kappa shape index (κ2) is 14.6. The van der Waals surface area contributed by atoms with E-state index < -0.39 is 11.5 Å². The zero-order chi connectivity index (χ0) is 33.8. The van der Waals surface area contributed by atoms with Gasteiger partial charge in [-0.1, -0.05) is 85.8 Å². The molecule has 0 aromatic heterocycles. The minimum absolute atomic E-state index is 0.00838. The number of esters is 1. The van der Waals surface area contributed by atoms with Gasteiger partial charge in [-0.05, 0) is 76.6 Å². The first-order valence-electron chi connectivity index (χ1n) is 16.9. The third-order valence-corrected chi connectivity index (χ3v) is 10.5. The maximum Gasteiger partial charge on any atom is 0.302 e. The van der Waals surface area contributed by atoms with Crippen LogP contribution in [0.15, 0.2) is 84.9 Å². The molecule has 0 bridgehead atoms. The van der Waals surface area contributed by atoms with Crippen LogP contribution in [-0.4, -0.2) is 80.0 Å². The molecule has 252 valence electrons. The molecular weight excluding hydrogens is 588 g/mol. The summed E-state index contributed by atoms with van der Waals surface area (Å²) in [7, 11) is 8.03. The number of nitrogens with zero attached hydrogens (tertiary/aromatic N) is 2. The van der Waals surface area contributed by atoms with Gasteiger partial charge in [0.1, 0.15) is 12.2 Å². The lowest BCUT2D eigenvalue weighted by Crippen LogP contribution is -2.47. The second-order valence-corrected chi connectivity index (χ2v) is 13.7. The van der Waals surface area contributed by atoms with Crippen molar-refractivity contribution in [2.75, 3.05) is 34.8 Å². The van der Waals surface area contributed by atoms with Crippen molar-refractivity contribution in [3.63, 3.8) is 0 Å². The zero-order valence-electron chi connectivity index (χ0n) is 29.1. The quantitative estimate of drug-likeness (QED) is 0.211. The van der Waals surface area contributed by atoms with Gasteiger partial charge < -0.3 is 29.1 Å². The summed E-state index contributed by atoms with van der Waals surface area (Å²) in [4.78, 5) is 16.5. The van der Waals surface area contributed by atoms with E-state index in [1.54, 1.807) is 7.11 Å². The number of benzene rings is 3. The Hall–Kier alpha value is -3.65. The third kappa shape index (κ3) is 6.85. The average molecular weight is 641 g/mol. The summed E-state index contributed by atoms with van der Waals surface area (Å²) in [5, 5.41) is 9.97. The monoisotopic (exact) mass is 640 g/mol. The summed E-state index contributed by atoms with van der Waals surface area (Å²) in [6.45, 7) is 7.77. The number of hydrogen-bond acceptors (Lipinski definition) is 7. The van der Waals surface area contributed by atoms with Crippen LogP contribution in [0.5, 0.6) is 11.5 Å². The third-order valence-electron chi connectivity index (χ3n) is 10.5. The van der Waals surface area contributed by atoms with Gasteiger partial charge in [0, 0.05) is 31.5 Å². The van der Waals surface area contributed by atoms with E-state index in [4.69, 9.17) is 14.2 Å². The summed E-state index contributed by atoms with van der Waals surface area (Å²) in [6, 6.07) is 25.4. The van der Waals surface area contributed by atoms with Gasteiger partial charge in [0.2, 0.25) is 0 Å². The zero-order valence-corrected chi connectivity index (χ0v) is 29.1. The number of carbonyl (C=O) groups excluding carboxylic acids is 1. The first-order chi connectivity index (χ1) is 22.5. The molecule has 1 spiro atoms. The molecule has 6 rings (SSSR count). The molecule has 0 radical (unpaired) electrons. The van der Waals surface area contributed by atoms with E-state index in [0.29, 0.717) is 12.5 Å². The highest BCUT2D eigenvalue weighted by molar-refractivity contribution is 5.66. The van der Waals surface area contributed by atoms with E-state index in [1.807, 2.05) is 24.3 Å². The SMILES string of the molecule is CC[C@H](OC(C)=O)C(C[C@H](C)N(C)C)(c1ccccc1)c1ccccc1.COc1ccc2c3c1O[C@H]1C[C@@H](O)C=C[C@@]31CCN(C)C2. The van der Waals surface area contributed by atoms with Crippen molar-refractivity contribution >= 4 is 5.97 Å². The molecule has 3 aromatic carbocycles. The molecule has 0 fully saturated rings. The highest BCUT2D eigenvalue weighted by Crippen LogP contribution is 2.55. The predicted molar refractivity (Wildman–Crippen MR) is 187 cm³/mol. The van der Waals surface area contributed by atoms with E-state index in [-0.39, 0.29) is 23.6 Å². The summed E-state index contributed by atoms with van der Waals surface area (Å²) >= 11 is 0. The Labute approximate surface area is 281 Å². The minimum Gasteiger partial charge on any atom is -0.493 e. The van der Waals surface area contributed by atoms with Crippen molar-refractivity contribution < 1.29 is 24.1 Å². The molecule has 0 saturated heterocycles. The van der Waals surface area contributed by atoms with Crippen molar-refractivity contribution in [2.24, 2.45) is 0 Å². The standard InChI is InChI=1S/C23H31NO2.C17H21NO3/c1-6-22(26-19(3)25)23(17-18(2)24(4)5,20-13-9-7-10-14-20)21-15-11-8-12-16-21;1-18-8-7-17-6-5-12(19)9-14(17)21-16-13(20-2)4-3-11(10-18)15(16)17/h7-16,18,22H,6,17H2,1-5H3;3-6,12,14,19H,7-10H2,1-2H3/t18-,22-;12-,14-,17-/m00/s1. The first-order valence-corrected chi connectivity index (χ1v) is 16.9. The molecule has 0 unspecified atom stereocenters.